The van der Waals surface area contributed by atoms with Crippen molar-refractivity contribution in [2.45, 2.75) is 13.0 Å². The van der Waals surface area contributed by atoms with Crippen molar-refractivity contribution in [3.63, 3.8) is 0 Å². The number of benzene rings is 1. The van der Waals surface area contributed by atoms with Crippen LogP contribution in [0.1, 0.15) is 5.56 Å². The van der Waals surface area contributed by atoms with E-state index in [1.165, 1.54) is 7.11 Å². The fourth-order valence-electron chi connectivity index (χ4n) is 2.03. The molecule has 0 saturated heterocycles. The Morgan fingerprint density at radius 2 is 2.28 bits per heavy atom. The van der Waals surface area contributed by atoms with Gasteiger partial charge in [0.2, 0.25) is 0 Å². The zero-order valence-corrected chi connectivity index (χ0v) is 11.7. The molecule has 0 aliphatic rings. The van der Waals surface area contributed by atoms with E-state index < -0.39 is 0 Å². The Morgan fingerprint density at radius 1 is 1.50 bits per heavy atom. The summed E-state index contributed by atoms with van der Waals surface area (Å²) in [7, 11) is 1.40. The van der Waals surface area contributed by atoms with Crippen molar-refractivity contribution in [2.24, 2.45) is 5.73 Å². The van der Waals surface area contributed by atoms with Gasteiger partial charge in [-0.15, -0.1) is 0 Å². The smallest absolute Gasteiger partial charge is 0.310 e. The predicted molar refractivity (Wildman–Crippen MR) is 74.4 cm³/mol. The van der Waals surface area contributed by atoms with Gasteiger partial charge in [-0.2, -0.15) is 0 Å². The van der Waals surface area contributed by atoms with Crippen LogP contribution in [0.25, 0.3) is 10.9 Å². The van der Waals surface area contributed by atoms with Crippen molar-refractivity contribution in [3.05, 3.63) is 34.4 Å². The number of hydrogen-bond donors (Lipinski definition) is 1. The quantitative estimate of drug-likeness (QED) is 0.880. The number of methoxy groups -OCH3 is 1. The van der Waals surface area contributed by atoms with Crippen molar-refractivity contribution in [1.82, 2.24) is 4.57 Å². The number of nitrogens with zero attached hydrogens (tertiary/aromatic N) is 1. The predicted octanol–water partition coefficient (Wildman–Crippen LogP) is 2.08. The molecule has 0 atom stereocenters. The summed E-state index contributed by atoms with van der Waals surface area (Å²) in [6, 6.07) is 6.01. The zero-order valence-electron chi connectivity index (χ0n) is 10.1. The molecule has 1 aromatic heterocycles. The summed E-state index contributed by atoms with van der Waals surface area (Å²) in [6.45, 7) is 1.29. The summed E-state index contributed by atoms with van der Waals surface area (Å²) in [6.07, 6.45) is 2.26. The van der Waals surface area contributed by atoms with Crippen molar-refractivity contribution in [2.75, 3.05) is 13.7 Å². The van der Waals surface area contributed by atoms with E-state index in [0.29, 0.717) is 6.54 Å². The van der Waals surface area contributed by atoms with Crippen LogP contribution in [0.15, 0.2) is 28.9 Å². The average Bonchev–Trinajstić information content (AvgIpc) is 2.67. The first-order valence-electron chi connectivity index (χ1n) is 5.70. The molecule has 0 unspecified atom stereocenters. The van der Waals surface area contributed by atoms with Crippen molar-refractivity contribution < 1.29 is 9.53 Å². The third-order valence-electron chi connectivity index (χ3n) is 2.86. The van der Waals surface area contributed by atoms with Gasteiger partial charge >= 0.3 is 5.97 Å². The van der Waals surface area contributed by atoms with Crippen LogP contribution in [0.3, 0.4) is 0 Å². The fourth-order valence-corrected chi connectivity index (χ4v) is 2.38. The molecule has 18 heavy (non-hydrogen) atoms. The van der Waals surface area contributed by atoms with Crippen LogP contribution in [0, 0.1) is 0 Å². The number of fused-ring (bicyclic) bond motifs is 1. The van der Waals surface area contributed by atoms with Gasteiger partial charge in [0.15, 0.2) is 0 Å². The second-order valence-electron chi connectivity index (χ2n) is 4.05. The number of carbonyl (C=O) groups is 1. The number of halogens is 1. The highest BCUT2D eigenvalue weighted by molar-refractivity contribution is 9.10. The second-order valence-corrected chi connectivity index (χ2v) is 4.97. The molecule has 0 spiro atoms. The number of nitrogens with two attached hydrogens (primary N) is 1. The normalized spacial score (nSPS) is 10.8. The Morgan fingerprint density at radius 3 is 2.94 bits per heavy atom. The molecule has 0 bridgehead atoms. The van der Waals surface area contributed by atoms with Crippen LogP contribution in [0.4, 0.5) is 0 Å². The van der Waals surface area contributed by atoms with Gasteiger partial charge in [0.05, 0.1) is 13.5 Å². The van der Waals surface area contributed by atoms with Gasteiger partial charge in [-0.05, 0) is 17.7 Å². The van der Waals surface area contributed by atoms with Crippen molar-refractivity contribution in [1.29, 1.82) is 0 Å². The zero-order chi connectivity index (χ0) is 13.1. The molecule has 0 amide bonds. The molecule has 0 saturated carbocycles. The first-order chi connectivity index (χ1) is 8.65. The van der Waals surface area contributed by atoms with E-state index in [-0.39, 0.29) is 12.4 Å². The van der Waals surface area contributed by atoms with E-state index in [1.54, 1.807) is 0 Å². The SMILES string of the molecule is COC(=O)Cc1cn(CCN)c2cc(Br)ccc12. The van der Waals surface area contributed by atoms with Gasteiger partial charge in [0.25, 0.3) is 0 Å². The maximum Gasteiger partial charge on any atom is 0.310 e. The molecule has 2 aromatic rings. The molecule has 2 rings (SSSR count). The van der Waals surface area contributed by atoms with Crippen LogP contribution in [0.5, 0.6) is 0 Å². The molecular formula is C13H15BrN2O2. The Hall–Kier alpha value is -1.33. The van der Waals surface area contributed by atoms with E-state index in [1.807, 2.05) is 24.4 Å². The molecule has 0 fully saturated rings. The van der Waals surface area contributed by atoms with Gasteiger partial charge in [0, 0.05) is 34.7 Å². The van der Waals surface area contributed by atoms with Gasteiger partial charge in [-0.25, -0.2) is 0 Å². The van der Waals surface area contributed by atoms with E-state index in [2.05, 4.69) is 20.5 Å². The van der Waals surface area contributed by atoms with E-state index >= 15 is 0 Å². The molecule has 5 heteroatoms. The highest BCUT2D eigenvalue weighted by Gasteiger charge is 2.12. The lowest BCUT2D eigenvalue weighted by atomic mass is 10.1. The molecular weight excluding hydrogens is 296 g/mol. The minimum absolute atomic E-state index is 0.232. The number of esters is 1. The standard InChI is InChI=1S/C13H15BrN2O2/c1-18-13(17)6-9-8-16(5-4-15)12-7-10(14)2-3-11(9)12/h2-3,7-8H,4-6,15H2,1H3. The van der Waals surface area contributed by atoms with Gasteiger partial charge < -0.3 is 15.0 Å². The third kappa shape index (κ3) is 2.57. The van der Waals surface area contributed by atoms with Crippen molar-refractivity contribution >= 4 is 32.8 Å². The summed E-state index contributed by atoms with van der Waals surface area (Å²) in [5.74, 6) is -0.232. The lowest BCUT2D eigenvalue weighted by molar-refractivity contribution is -0.139. The highest BCUT2D eigenvalue weighted by Crippen LogP contribution is 2.25. The van der Waals surface area contributed by atoms with Crippen LogP contribution in [-0.4, -0.2) is 24.2 Å². The Balaban J connectivity index is 2.50. The number of aromatic nitrogens is 1. The Labute approximate surface area is 114 Å². The summed E-state index contributed by atoms with van der Waals surface area (Å²) in [4.78, 5) is 11.4. The first-order valence-corrected chi connectivity index (χ1v) is 6.49. The van der Waals surface area contributed by atoms with Crippen LogP contribution >= 0.6 is 15.9 Å². The van der Waals surface area contributed by atoms with Gasteiger partial charge in [-0.3, -0.25) is 4.79 Å². The summed E-state index contributed by atoms with van der Waals surface area (Å²) in [5, 5.41) is 1.07. The van der Waals surface area contributed by atoms with Crippen molar-refractivity contribution in [3.8, 4) is 0 Å². The summed E-state index contributed by atoms with van der Waals surface area (Å²) >= 11 is 3.46. The molecule has 1 heterocycles. The average molecular weight is 311 g/mol. The number of rotatable bonds is 4. The monoisotopic (exact) mass is 310 g/mol. The van der Waals surface area contributed by atoms with Gasteiger partial charge in [-0.1, -0.05) is 22.0 Å². The fraction of sp³-hybridized carbons (Fsp3) is 0.308. The second kappa shape index (κ2) is 5.54. The maximum absolute atomic E-state index is 11.4. The Bertz CT molecular complexity index is 578. The maximum atomic E-state index is 11.4. The lowest BCUT2D eigenvalue weighted by Crippen LogP contribution is -2.09. The summed E-state index contributed by atoms with van der Waals surface area (Å²) in [5.41, 5.74) is 7.65. The minimum Gasteiger partial charge on any atom is -0.469 e. The van der Waals surface area contributed by atoms with E-state index in [9.17, 15) is 4.79 Å². The molecule has 0 aliphatic heterocycles. The molecule has 0 radical (unpaired) electrons. The largest absolute Gasteiger partial charge is 0.469 e. The van der Waals surface area contributed by atoms with Crippen LogP contribution in [-0.2, 0) is 22.5 Å². The Kier molecular flexibility index (Phi) is 4.04. The minimum atomic E-state index is -0.232. The molecule has 96 valence electrons. The van der Waals surface area contributed by atoms with Gasteiger partial charge in [0.1, 0.15) is 0 Å². The number of carbonyl (C=O) groups excluding carboxylic acids is 1. The molecule has 2 N–H and O–H groups in total. The van der Waals surface area contributed by atoms with Crippen LogP contribution < -0.4 is 5.73 Å². The first kappa shape index (κ1) is 13.1. The molecule has 4 nitrogen and oxygen atoms in total. The highest BCUT2D eigenvalue weighted by atomic mass is 79.9. The third-order valence-corrected chi connectivity index (χ3v) is 3.35. The number of hydrogen-bond acceptors (Lipinski definition) is 3. The summed E-state index contributed by atoms with van der Waals surface area (Å²) < 4.78 is 7.79. The lowest BCUT2D eigenvalue weighted by Gasteiger charge is -2.02. The van der Waals surface area contributed by atoms with E-state index in [4.69, 9.17) is 10.5 Å². The molecule has 1 aromatic carbocycles. The topological polar surface area (TPSA) is 57.2 Å². The van der Waals surface area contributed by atoms with Crippen LogP contribution in [0.2, 0.25) is 0 Å². The van der Waals surface area contributed by atoms with E-state index in [0.717, 1.165) is 27.5 Å². The number of ether oxygens (including phenoxy) is 1. The molecule has 0 aliphatic carbocycles.